The van der Waals surface area contributed by atoms with E-state index in [2.05, 4.69) is 18.9 Å². The monoisotopic (exact) mass is 312 g/mol. The minimum Gasteiger partial charge on any atom is -0.493 e. The molecule has 0 amide bonds. The van der Waals surface area contributed by atoms with Gasteiger partial charge in [-0.15, -0.1) is 0 Å². The molecule has 2 N–H and O–H groups in total. The van der Waals surface area contributed by atoms with E-state index in [9.17, 15) is 0 Å². The van der Waals surface area contributed by atoms with Gasteiger partial charge in [0.05, 0.1) is 19.2 Å². The van der Waals surface area contributed by atoms with Crippen LogP contribution in [0.4, 0.5) is 0 Å². The quantitative estimate of drug-likeness (QED) is 0.908. The van der Waals surface area contributed by atoms with E-state index >= 15 is 0 Å². The van der Waals surface area contributed by atoms with Crippen LogP contribution in [-0.2, 0) is 6.42 Å². The number of hydrogen-bond acceptors (Lipinski definition) is 4. The molecular formula is C16H25ClN2O2. The van der Waals surface area contributed by atoms with Gasteiger partial charge in [0.25, 0.3) is 0 Å². The first-order chi connectivity index (χ1) is 10.1. The van der Waals surface area contributed by atoms with Crippen molar-refractivity contribution in [3.8, 4) is 11.5 Å². The van der Waals surface area contributed by atoms with Crippen molar-refractivity contribution in [2.45, 2.75) is 25.8 Å². The fraction of sp³-hybridized carbons (Fsp3) is 0.625. The third-order valence-corrected chi connectivity index (χ3v) is 4.70. The molecule has 0 bridgehead atoms. The molecule has 2 unspecified atom stereocenters. The van der Waals surface area contributed by atoms with Crippen molar-refractivity contribution in [3.63, 3.8) is 0 Å². The fourth-order valence-electron chi connectivity index (χ4n) is 3.37. The molecule has 1 heterocycles. The highest BCUT2D eigenvalue weighted by Crippen LogP contribution is 2.45. The van der Waals surface area contributed by atoms with Gasteiger partial charge in [-0.05, 0) is 44.0 Å². The molecule has 2 rings (SSSR count). The number of hydrogen-bond donors (Lipinski definition) is 1. The van der Waals surface area contributed by atoms with Crippen LogP contribution in [0.5, 0.6) is 11.5 Å². The van der Waals surface area contributed by atoms with Crippen LogP contribution in [0.1, 0.15) is 30.5 Å². The van der Waals surface area contributed by atoms with Gasteiger partial charge in [-0.1, -0.05) is 18.5 Å². The number of halogens is 1. The Kier molecular flexibility index (Phi) is 5.36. The fourth-order valence-corrected chi connectivity index (χ4v) is 3.65. The van der Waals surface area contributed by atoms with Gasteiger partial charge >= 0.3 is 0 Å². The summed E-state index contributed by atoms with van der Waals surface area (Å²) in [6.45, 7) is 3.88. The maximum Gasteiger partial charge on any atom is 0.179 e. The first-order valence-electron chi connectivity index (χ1n) is 7.40. The Balaban J connectivity index is 2.51. The number of nitrogens with zero attached hydrogens (tertiary/aromatic N) is 1. The summed E-state index contributed by atoms with van der Waals surface area (Å²) >= 11 is 6.39. The Bertz CT molecular complexity index is 508. The molecule has 5 heteroatoms. The van der Waals surface area contributed by atoms with Crippen LogP contribution in [0.15, 0.2) is 6.07 Å². The number of methoxy groups -OCH3 is 2. The predicted molar refractivity (Wildman–Crippen MR) is 86.5 cm³/mol. The van der Waals surface area contributed by atoms with Crippen molar-refractivity contribution in [1.29, 1.82) is 0 Å². The summed E-state index contributed by atoms with van der Waals surface area (Å²) in [4.78, 5) is 2.36. The second-order valence-corrected chi connectivity index (χ2v) is 6.05. The SMILES string of the molecule is CCc1c(C2CC(CN)CN2C)cc(Cl)c(OC)c1OC. The van der Waals surface area contributed by atoms with Crippen molar-refractivity contribution in [1.82, 2.24) is 4.90 Å². The molecule has 1 aromatic rings. The maximum atomic E-state index is 6.39. The largest absolute Gasteiger partial charge is 0.493 e. The Morgan fingerprint density at radius 1 is 1.33 bits per heavy atom. The number of nitrogens with two attached hydrogens (primary N) is 1. The lowest BCUT2D eigenvalue weighted by Gasteiger charge is -2.25. The lowest BCUT2D eigenvalue weighted by atomic mass is 9.93. The van der Waals surface area contributed by atoms with Crippen LogP contribution in [0, 0.1) is 5.92 Å². The van der Waals surface area contributed by atoms with Crippen molar-refractivity contribution >= 4 is 11.6 Å². The molecule has 2 atom stereocenters. The highest BCUT2D eigenvalue weighted by atomic mass is 35.5. The van der Waals surface area contributed by atoms with E-state index in [1.807, 2.05) is 6.07 Å². The van der Waals surface area contributed by atoms with Crippen LogP contribution in [0.25, 0.3) is 0 Å². The summed E-state index contributed by atoms with van der Waals surface area (Å²) in [5.41, 5.74) is 8.25. The zero-order valence-corrected chi connectivity index (χ0v) is 14.0. The van der Waals surface area contributed by atoms with Gasteiger partial charge in [0, 0.05) is 18.2 Å². The number of ether oxygens (including phenoxy) is 2. The molecule has 4 nitrogen and oxygen atoms in total. The van der Waals surface area contributed by atoms with Crippen LogP contribution < -0.4 is 15.2 Å². The highest BCUT2D eigenvalue weighted by molar-refractivity contribution is 6.32. The average molecular weight is 313 g/mol. The summed E-state index contributed by atoms with van der Waals surface area (Å²) in [5, 5.41) is 0.603. The molecule has 1 aliphatic heterocycles. The van der Waals surface area contributed by atoms with Gasteiger partial charge < -0.3 is 15.2 Å². The Morgan fingerprint density at radius 3 is 2.48 bits per heavy atom. The highest BCUT2D eigenvalue weighted by Gasteiger charge is 2.33. The second-order valence-electron chi connectivity index (χ2n) is 5.64. The summed E-state index contributed by atoms with van der Waals surface area (Å²) in [6, 6.07) is 2.37. The topological polar surface area (TPSA) is 47.7 Å². The molecule has 0 radical (unpaired) electrons. The predicted octanol–water partition coefficient (Wildman–Crippen LogP) is 2.87. The van der Waals surface area contributed by atoms with Crippen molar-refractivity contribution in [2.75, 3.05) is 34.4 Å². The first-order valence-corrected chi connectivity index (χ1v) is 7.78. The van der Waals surface area contributed by atoms with Gasteiger partial charge in [0.2, 0.25) is 0 Å². The molecule has 1 aromatic carbocycles. The first kappa shape index (κ1) is 16.4. The van der Waals surface area contributed by atoms with Crippen LogP contribution >= 0.6 is 11.6 Å². The molecule has 0 aromatic heterocycles. The van der Waals surface area contributed by atoms with Gasteiger partial charge in [-0.3, -0.25) is 4.90 Å². The van der Waals surface area contributed by atoms with Gasteiger partial charge in [0.1, 0.15) is 0 Å². The lowest BCUT2D eigenvalue weighted by Crippen LogP contribution is -2.21. The van der Waals surface area contributed by atoms with E-state index in [0.717, 1.165) is 31.7 Å². The standard InChI is InChI=1S/C16H25ClN2O2/c1-5-11-12(14-6-10(8-18)9-19(14)2)7-13(17)16(21-4)15(11)20-3/h7,10,14H,5-6,8-9,18H2,1-4H3. The third kappa shape index (κ3) is 2.98. The van der Waals surface area contributed by atoms with Crippen LogP contribution in [0.2, 0.25) is 5.02 Å². The minimum atomic E-state index is 0.339. The molecule has 0 spiro atoms. The summed E-state index contributed by atoms with van der Waals surface area (Å²) < 4.78 is 11.0. The number of likely N-dealkylation sites (tertiary alicyclic amines) is 1. The molecule has 118 valence electrons. The molecular weight excluding hydrogens is 288 g/mol. The lowest BCUT2D eigenvalue weighted by molar-refractivity contribution is 0.308. The molecule has 0 aliphatic carbocycles. The average Bonchev–Trinajstić information content (AvgIpc) is 2.86. The van der Waals surface area contributed by atoms with E-state index in [-0.39, 0.29) is 0 Å². The Morgan fingerprint density at radius 2 is 2.00 bits per heavy atom. The Hall–Kier alpha value is -0.970. The van der Waals surface area contributed by atoms with Gasteiger partial charge in [0.15, 0.2) is 11.5 Å². The summed E-state index contributed by atoms with van der Waals surface area (Å²) in [6.07, 6.45) is 1.94. The van der Waals surface area contributed by atoms with Crippen molar-refractivity contribution in [3.05, 3.63) is 22.2 Å². The van der Waals surface area contributed by atoms with Gasteiger partial charge in [-0.2, -0.15) is 0 Å². The van der Waals surface area contributed by atoms with Gasteiger partial charge in [-0.25, -0.2) is 0 Å². The summed E-state index contributed by atoms with van der Waals surface area (Å²) in [5.74, 6) is 1.92. The number of rotatable bonds is 5. The van der Waals surface area contributed by atoms with Crippen LogP contribution in [-0.4, -0.2) is 39.3 Å². The molecule has 1 saturated heterocycles. The van der Waals surface area contributed by atoms with E-state index in [1.54, 1.807) is 14.2 Å². The van der Waals surface area contributed by atoms with E-state index in [4.69, 9.17) is 26.8 Å². The molecule has 21 heavy (non-hydrogen) atoms. The summed E-state index contributed by atoms with van der Waals surface area (Å²) in [7, 11) is 5.43. The van der Waals surface area contributed by atoms with Crippen LogP contribution in [0.3, 0.4) is 0 Å². The van der Waals surface area contributed by atoms with E-state index in [0.29, 0.717) is 22.7 Å². The maximum absolute atomic E-state index is 6.39. The van der Waals surface area contributed by atoms with E-state index in [1.165, 1.54) is 11.1 Å². The van der Waals surface area contributed by atoms with Crippen molar-refractivity contribution < 1.29 is 9.47 Å². The Labute approximate surface area is 132 Å². The molecule has 1 fully saturated rings. The van der Waals surface area contributed by atoms with E-state index < -0.39 is 0 Å². The molecule has 0 saturated carbocycles. The zero-order chi connectivity index (χ0) is 15.6. The number of benzene rings is 1. The minimum absolute atomic E-state index is 0.339. The smallest absolute Gasteiger partial charge is 0.179 e. The zero-order valence-electron chi connectivity index (χ0n) is 13.3. The van der Waals surface area contributed by atoms with Crippen molar-refractivity contribution in [2.24, 2.45) is 11.7 Å². The normalized spacial score (nSPS) is 22.6. The molecule has 1 aliphatic rings. The second kappa shape index (κ2) is 6.86. The third-order valence-electron chi connectivity index (χ3n) is 4.42.